The van der Waals surface area contributed by atoms with Crippen molar-refractivity contribution in [2.75, 3.05) is 18.8 Å². The maximum Gasteiger partial charge on any atom is 0.191 e. The molecule has 6 heteroatoms. The fourth-order valence-electron chi connectivity index (χ4n) is 3.16. The van der Waals surface area contributed by atoms with E-state index in [4.69, 9.17) is 4.74 Å². The number of hydrogen-bond donors (Lipinski definition) is 2. The minimum atomic E-state index is -0.161. The van der Waals surface area contributed by atoms with Crippen molar-refractivity contribution in [2.45, 2.75) is 49.3 Å². The summed E-state index contributed by atoms with van der Waals surface area (Å²) in [6, 6.07) is 7.23. The van der Waals surface area contributed by atoms with Crippen molar-refractivity contribution < 1.29 is 9.13 Å². The van der Waals surface area contributed by atoms with E-state index >= 15 is 0 Å². The van der Waals surface area contributed by atoms with Crippen LogP contribution in [0.1, 0.15) is 26.2 Å². The van der Waals surface area contributed by atoms with Gasteiger partial charge in [0.05, 0.1) is 24.8 Å². The number of guanidine groups is 1. The molecule has 23 heavy (non-hydrogen) atoms. The molecule has 2 aliphatic heterocycles. The molecule has 0 spiro atoms. The third kappa shape index (κ3) is 4.38. The summed E-state index contributed by atoms with van der Waals surface area (Å²) in [6.07, 6.45) is 4.16. The van der Waals surface area contributed by atoms with Crippen LogP contribution >= 0.6 is 11.8 Å². The zero-order valence-corrected chi connectivity index (χ0v) is 14.2. The molecule has 2 bridgehead atoms. The number of halogens is 1. The Morgan fingerprint density at radius 1 is 1.39 bits per heavy atom. The summed E-state index contributed by atoms with van der Waals surface area (Å²) in [4.78, 5) is 5.28. The molecule has 126 valence electrons. The molecule has 3 rings (SSSR count). The number of rotatable bonds is 6. The Bertz CT molecular complexity index is 554. The van der Waals surface area contributed by atoms with Crippen LogP contribution in [0.3, 0.4) is 0 Å². The van der Waals surface area contributed by atoms with Crippen molar-refractivity contribution >= 4 is 17.7 Å². The van der Waals surface area contributed by atoms with Crippen LogP contribution in [-0.4, -0.2) is 43.1 Å². The van der Waals surface area contributed by atoms with Gasteiger partial charge >= 0.3 is 0 Å². The van der Waals surface area contributed by atoms with Crippen LogP contribution in [0.15, 0.2) is 34.2 Å². The van der Waals surface area contributed by atoms with E-state index in [1.165, 1.54) is 24.2 Å². The van der Waals surface area contributed by atoms with Gasteiger partial charge < -0.3 is 15.4 Å². The molecule has 0 aliphatic carbocycles. The summed E-state index contributed by atoms with van der Waals surface area (Å²) in [7, 11) is 0. The molecule has 4 nitrogen and oxygen atoms in total. The molecule has 2 heterocycles. The molecule has 3 unspecified atom stereocenters. The number of benzene rings is 1. The molecule has 2 aliphatic rings. The number of aliphatic imine (C=N–C) groups is 1. The zero-order valence-electron chi connectivity index (χ0n) is 13.4. The fourth-order valence-corrected chi connectivity index (χ4v) is 3.94. The minimum Gasteiger partial charge on any atom is -0.373 e. The lowest BCUT2D eigenvalue weighted by Gasteiger charge is -2.22. The third-order valence-corrected chi connectivity index (χ3v) is 5.26. The molecule has 2 saturated heterocycles. The van der Waals surface area contributed by atoms with Crippen molar-refractivity contribution in [1.29, 1.82) is 0 Å². The van der Waals surface area contributed by atoms with Gasteiger partial charge in [-0.1, -0.05) is 12.1 Å². The standard InChI is InChI=1S/C17H24FN3OS/c1-2-19-17(21-14-11-12-7-8-15(14)22-12)20-9-10-23-16-6-4-3-5-13(16)18/h3-6,12,14-15H,2,7-11H2,1H3,(H2,19,20,21). The fraction of sp³-hybridized carbons (Fsp3) is 0.588. The van der Waals surface area contributed by atoms with Crippen LogP contribution in [0.5, 0.6) is 0 Å². The molecular weight excluding hydrogens is 313 g/mol. The van der Waals surface area contributed by atoms with E-state index in [1.807, 2.05) is 6.07 Å². The van der Waals surface area contributed by atoms with E-state index < -0.39 is 0 Å². The number of thioether (sulfide) groups is 1. The van der Waals surface area contributed by atoms with Crippen molar-refractivity contribution in [3.05, 3.63) is 30.1 Å². The SMILES string of the molecule is CCNC(=NCCSc1ccccc1F)NC1CC2CCC1O2. The molecule has 0 radical (unpaired) electrons. The molecule has 0 amide bonds. The number of ether oxygens (including phenoxy) is 1. The van der Waals surface area contributed by atoms with Gasteiger partial charge in [0.15, 0.2) is 5.96 Å². The summed E-state index contributed by atoms with van der Waals surface area (Å²) >= 11 is 1.50. The molecule has 1 aromatic rings. The number of nitrogens with one attached hydrogen (secondary N) is 2. The molecule has 0 aromatic heterocycles. The van der Waals surface area contributed by atoms with Gasteiger partial charge in [-0.2, -0.15) is 0 Å². The quantitative estimate of drug-likeness (QED) is 0.363. The molecule has 1 aromatic carbocycles. The van der Waals surface area contributed by atoms with E-state index in [-0.39, 0.29) is 5.82 Å². The van der Waals surface area contributed by atoms with Crippen LogP contribution in [-0.2, 0) is 4.74 Å². The van der Waals surface area contributed by atoms with Gasteiger partial charge in [-0.3, -0.25) is 4.99 Å². The van der Waals surface area contributed by atoms with Gasteiger partial charge in [-0.15, -0.1) is 11.8 Å². The Hall–Kier alpha value is -1.27. The molecule has 2 fully saturated rings. The number of nitrogens with zero attached hydrogens (tertiary/aromatic N) is 1. The van der Waals surface area contributed by atoms with Crippen LogP contribution in [0.25, 0.3) is 0 Å². The van der Waals surface area contributed by atoms with Gasteiger partial charge in [0, 0.05) is 17.2 Å². The first-order chi connectivity index (χ1) is 11.3. The monoisotopic (exact) mass is 337 g/mol. The van der Waals surface area contributed by atoms with Crippen molar-refractivity contribution in [3.8, 4) is 0 Å². The van der Waals surface area contributed by atoms with E-state index in [9.17, 15) is 4.39 Å². The Morgan fingerprint density at radius 3 is 2.96 bits per heavy atom. The second-order valence-corrected chi connectivity index (χ2v) is 7.04. The summed E-state index contributed by atoms with van der Waals surface area (Å²) in [5.74, 6) is 1.43. The second kappa shape index (κ2) is 8.02. The smallest absolute Gasteiger partial charge is 0.191 e. The van der Waals surface area contributed by atoms with E-state index in [1.54, 1.807) is 12.1 Å². The maximum atomic E-state index is 13.6. The average molecular weight is 337 g/mol. The Labute approximate surface area is 141 Å². The van der Waals surface area contributed by atoms with Crippen LogP contribution < -0.4 is 10.6 Å². The van der Waals surface area contributed by atoms with Crippen molar-refractivity contribution in [2.24, 2.45) is 4.99 Å². The maximum absolute atomic E-state index is 13.6. The summed E-state index contributed by atoms with van der Waals surface area (Å²) in [5.41, 5.74) is 0. The normalized spacial score (nSPS) is 26.5. The zero-order chi connectivity index (χ0) is 16.1. The molecule has 0 saturated carbocycles. The highest BCUT2D eigenvalue weighted by atomic mass is 32.2. The highest BCUT2D eigenvalue weighted by Crippen LogP contribution is 2.34. The predicted molar refractivity (Wildman–Crippen MR) is 92.5 cm³/mol. The Kier molecular flexibility index (Phi) is 5.78. The first-order valence-corrected chi connectivity index (χ1v) is 9.32. The molecule has 3 atom stereocenters. The molecule has 2 N–H and O–H groups in total. The summed E-state index contributed by atoms with van der Waals surface area (Å²) in [5, 5.41) is 6.77. The van der Waals surface area contributed by atoms with Gasteiger partial charge in [0.25, 0.3) is 0 Å². The van der Waals surface area contributed by atoms with E-state index in [2.05, 4.69) is 22.5 Å². The lowest BCUT2D eigenvalue weighted by atomic mass is 9.96. The van der Waals surface area contributed by atoms with Gasteiger partial charge in [-0.05, 0) is 38.3 Å². The number of fused-ring (bicyclic) bond motifs is 2. The minimum absolute atomic E-state index is 0.161. The average Bonchev–Trinajstić information content (AvgIpc) is 3.16. The summed E-state index contributed by atoms with van der Waals surface area (Å²) in [6.45, 7) is 3.53. The van der Waals surface area contributed by atoms with E-state index in [0.717, 1.165) is 31.1 Å². The highest BCUT2D eigenvalue weighted by Gasteiger charge is 2.41. The topological polar surface area (TPSA) is 45.7 Å². The van der Waals surface area contributed by atoms with Crippen LogP contribution in [0.2, 0.25) is 0 Å². The first kappa shape index (κ1) is 16.6. The Balaban J connectivity index is 1.48. The van der Waals surface area contributed by atoms with Gasteiger partial charge in [0.1, 0.15) is 5.82 Å². The first-order valence-electron chi connectivity index (χ1n) is 8.34. The lowest BCUT2D eigenvalue weighted by Crippen LogP contribution is -2.47. The largest absolute Gasteiger partial charge is 0.373 e. The van der Waals surface area contributed by atoms with Crippen molar-refractivity contribution in [3.63, 3.8) is 0 Å². The van der Waals surface area contributed by atoms with Crippen LogP contribution in [0.4, 0.5) is 4.39 Å². The number of hydrogen-bond acceptors (Lipinski definition) is 3. The molecular formula is C17H24FN3OS. The second-order valence-electron chi connectivity index (χ2n) is 5.90. The Morgan fingerprint density at radius 2 is 2.26 bits per heavy atom. The van der Waals surface area contributed by atoms with Gasteiger partial charge in [-0.25, -0.2) is 4.39 Å². The highest BCUT2D eigenvalue weighted by molar-refractivity contribution is 7.99. The van der Waals surface area contributed by atoms with E-state index in [0.29, 0.717) is 29.7 Å². The van der Waals surface area contributed by atoms with Crippen molar-refractivity contribution in [1.82, 2.24) is 10.6 Å². The van der Waals surface area contributed by atoms with Crippen LogP contribution in [0, 0.1) is 5.82 Å². The third-order valence-electron chi connectivity index (χ3n) is 4.23. The lowest BCUT2D eigenvalue weighted by molar-refractivity contribution is 0.0992. The summed E-state index contributed by atoms with van der Waals surface area (Å²) < 4.78 is 19.4. The van der Waals surface area contributed by atoms with Gasteiger partial charge in [0.2, 0.25) is 0 Å². The predicted octanol–water partition coefficient (Wildman–Crippen LogP) is 2.79.